The molecule has 0 radical (unpaired) electrons. The Morgan fingerprint density at radius 1 is 1.09 bits per heavy atom. The number of carbonyl (C=O) groups excluding carboxylic acids is 1. The molecule has 1 saturated heterocycles. The molecule has 7 heteroatoms. The third kappa shape index (κ3) is 5.82. The van der Waals surface area contributed by atoms with Crippen molar-refractivity contribution in [2.45, 2.75) is 26.2 Å². The summed E-state index contributed by atoms with van der Waals surface area (Å²) in [5.74, 6) is -0.112. The van der Waals surface area contributed by atoms with Gasteiger partial charge in [0.15, 0.2) is 0 Å². The van der Waals surface area contributed by atoms with E-state index in [0.717, 1.165) is 42.4 Å². The predicted molar refractivity (Wildman–Crippen MR) is 139 cm³/mol. The molecule has 1 aromatic heterocycles. The van der Waals surface area contributed by atoms with Gasteiger partial charge in [-0.05, 0) is 35.6 Å². The molecule has 0 spiro atoms. The first-order chi connectivity index (χ1) is 16.5. The maximum atomic E-state index is 12.6. The number of aromatic nitrogens is 1. The Morgan fingerprint density at radius 3 is 2.32 bits per heavy atom. The Hall–Kier alpha value is -3.21. The fourth-order valence-corrected chi connectivity index (χ4v) is 5.18. The maximum Gasteiger partial charge on any atom is 0.230 e. The van der Waals surface area contributed by atoms with E-state index in [9.17, 15) is 4.79 Å². The lowest BCUT2D eigenvalue weighted by atomic mass is 9.96. The molecule has 1 amide bonds. The van der Waals surface area contributed by atoms with Crippen LogP contribution in [0.15, 0.2) is 53.9 Å². The number of hydrogen-bond acceptors (Lipinski definition) is 6. The number of nitrogens with one attached hydrogen (secondary N) is 2. The molecular formula is C27H31N5OS. The first kappa shape index (κ1) is 23.9. The fraction of sp³-hybridized carbons (Fsp3) is 0.370. The number of piperazine rings is 1. The number of thiazole rings is 1. The smallest absolute Gasteiger partial charge is 0.230 e. The minimum Gasteiger partial charge on any atom is -0.369 e. The SMILES string of the molecule is CC(C)CC(C(=O)NCC#N)c1nc(-c2ccc(-c3ccc(N4CCNCC4)cc3)cc2)cs1. The average molecular weight is 474 g/mol. The van der Waals surface area contributed by atoms with Crippen LogP contribution in [0.2, 0.25) is 0 Å². The van der Waals surface area contributed by atoms with Crippen molar-refractivity contribution in [1.82, 2.24) is 15.6 Å². The standard InChI is InChI=1S/C27H31N5OS/c1-19(2)17-24(26(33)30-12-11-28)27-31-25(18-34-27)22-5-3-20(4-6-22)21-7-9-23(10-8-21)32-15-13-29-14-16-32/h3-10,18-19,24,29H,12-17H2,1-2H3,(H,30,33). The normalized spacial score (nSPS) is 14.6. The summed E-state index contributed by atoms with van der Waals surface area (Å²) < 4.78 is 0. The van der Waals surface area contributed by atoms with Crippen molar-refractivity contribution in [1.29, 1.82) is 5.26 Å². The van der Waals surface area contributed by atoms with Crippen molar-refractivity contribution < 1.29 is 4.79 Å². The molecule has 176 valence electrons. The van der Waals surface area contributed by atoms with Gasteiger partial charge >= 0.3 is 0 Å². The van der Waals surface area contributed by atoms with Gasteiger partial charge in [-0.25, -0.2) is 4.98 Å². The molecule has 2 aromatic carbocycles. The zero-order chi connectivity index (χ0) is 23.9. The van der Waals surface area contributed by atoms with Crippen molar-refractivity contribution >= 4 is 22.9 Å². The molecule has 3 aromatic rings. The first-order valence-corrected chi connectivity index (χ1v) is 12.7. The Kier molecular flexibility index (Phi) is 7.94. The third-order valence-electron chi connectivity index (χ3n) is 6.05. The van der Waals surface area contributed by atoms with Crippen molar-refractivity contribution in [3.63, 3.8) is 0 Å². The van der Waals surface area contributed by atoms with Gasteiger partial charge in [-0.2, -0.15) is 5.26 Å². The van der Waals surface area contributed by atoms with E-state index >= 15 is 0 Å². The van der Waals surface area contributed by atoms with E-state index < -0.39 is 0 Å². The molecule has 1 aliphatic rings. The Labute approximate surface area is 205 Å². The first-order valence-electron chi connectivity index (χ1n) is 11.8. The number of benzene rings is 2. The second-order valence-corrected chi connectivity index (χ2v) is 9.88. The maximum absolute atomic E-state index is 12.6. The highest BCUT2D eigenvalue weighted by molar-refractivity contribution is 7.10. The van der Waals surface area contributed by atoms with Gasteiger partial charge in [0.25, 0.3) is 0 Å². The van der Waals surface area contributed by atoms with Gasteiger partial charge in [-0.1, -0.05) is 50.2 Å². The lowest BCUT2D eigenvalue weighted by molar-refractivity contribution is -0.122. The number of anilines is 1. The summed E-state index contributed by atoms with van der Waals surface area (Å²) in [7, 11) is 0. The zero-order valence-corrected chi connectivity index (χ0v) is 20.6. The van der Waals surface area contributed by atoms with Crippen LogP contribution in [0.5, 0.6) is 0 Å². The van der Waals surface area contributed by atoms with E-state index in [1.807, 2.05) is 11.4 Å². The topological polar surface area (TPSA) is 81.0 Å². The number of nitriles is 1. The summed E-state index contributed by atoms with van der Waals surface area (Å²) in [6, 6.07) is 19.2. The van der Waals surface area contributed by atoms with Gasteiger partial charge in [0.1, 0.15) is 11.6 Å². The van der Waals surface area contributed by atoms with Crippen LogP contribution < -0.4 is 15.5 Å². The van der Waals surface area contributed by atoms with Crippen LogP contribution in [-0.2, 0) is 4.79 Å². The van der Waals surface area contributed by atoms with Crippen molar-refractivity contribution in [2.75, 3.05) is 37.6 Å². The van der Waals surface area contributed by atoms with Gasteiger partial charge in [-0.15, -0.1) is 11.3 Å². The van der Waals surface area contributed by atoms with Crippen LogP contribution in [0, 0.1) is 17.2 Å². The number of nitrogens with zero attached hydrogens (tertiary/aromatic N) is 3. The van der Waals surface area contributed by atoms with E-state index in [0.29, 0.717) is 12.3 Å². The van der Waals surface area contributed by atoms with Crippen molar-refractivity contribution in [3.05, 3.63) is 58.9 Å². The van der Waals surface area contributed by atoms with Crippen LogP contribution in [0.3, 0.4) is 0 Å². The second-order valence-electron chi connectivity index (χ2n) is 8.99. The van der Waals surface area contributed by atoms with Gasteiger partial charge in [0.2, 0.25) is 5.91 Å². The molecule has 4 rings (SSSR count). The van der Waals surface area contributed by atoms with Crippen LogP contribution in [-0.4, -0.2) is 43.6 Å². The molecule has 1 atom stereocenters. The Balaban J connectivity index is 1.47. The van der Waals surface area contributed by atoms with Crippen LogP contribution in [0.1, 0.15) is 31.2 Å². The number of amides is 1. The summed E-state index contributed by atoms with van der Waals surface area (Å²) in [5, 5.41) is 17.7. The molecule has 6 nitrogen and oxygen atoms in total. The average Bonchev–Trinajstić information content (AvgIpc) is 3.36. The zero-order valence-electron chi connectivity index (χ0n) is 19.8. The molecule has 2 heterocycles. The van der Waals surface area contributed by atoms with Crippen LogP contribution in [0.25, 0.3) is 22.4 Å². The summed E-state index contributed by atoms with van der Waals surface area (Å²) in [5.41, 5.74) is 5.54. The van der Waals surface area contributed by atoms with E-state index in [-0.39, 0.29) is 18.4 Å². The molecular weight excluding hydrogens is 442 g/mol. The van der Waals surface area contributed by atoms with Crippen molar-refractivity contribution in [3.8, 4) is 28.5 Å². The summed E-state index contributed by atoms with van der Waals surface area (Å²) in [6.45, 7) is 8.35. The van der Waals surface area contributed by atoms with Gasteiger partial charge in [-0.3, -0.25) is 4.79 Å². The van der Waals surface area contributed by atoms with Gasteiger partial charge in [0.05, 0.1) is 17.7 Å². The molecule has 1 fully saturated rings. The van der Waals surface area contributed by atoms with Gasteiger partial charge < -0.3 is 15.5 Å². The van der Waals surface area contributed by atoms with Crippen LogP contribution >= 0.6 is 11.3 Å². The van der Waals surface area contributed by atoms with E-state index in [2.05, 4.69) is 77.9 Å². The minimum absolute atomic E-state index is 0.0172. The highest BCUT2D eigenvalue weighted by Gasteiger charge is 2.25. The van der Waals surface area contributed by atoms with E-state index in [1.54, 1.807) is 0 Å². The molecule has 0 aliphatic carbocycles. The molecule has 2 N–H and O–H groups in total. The lowest BCUT2D eigenvalue weighted by Crippen LogP contribution is -2.43. The minimum atomic E-state index is -0.333. The monoisotopic (exact) mass is 473 g/mol. The van der Waals surface area contributed by atoms with E-state index in [1.165, 1.54) is 28.2 Å². The number of hydrogen-bond donors (Lipinski definition) is 2. The molecule has 1 unspecified atom stereocenters. The van der Waals surface area contributed by atoms with Gasteiger partial charge in [0, 0.05) is 42.8 Å². The Morgan fingerprint density at radius 2 is 1.71 bits per heavy atom. The summed E-state index contributed by atoms with van der Waals surface area (Å²) >= 11 is 1.51. The lowest BCUT2D eigenvalue weighted by Gasteiger charge is -2.29. The summed E-state index contributed by atoms with van der Waals surface area (Å²) in [6.07, 6.45) is 0.701. The Bertz CT molecular complexity index is 1130. The quantitative estimate of drug-likeness (QED) is 0.465. The fourth-order valence-electron chi connectivity index (χ4n) is 4.24. The number of rotatable bonds is 8. The predicted octanol–water partition coefficient (Wildman–Crippen LogP) is 4.66. The number of carbonyl (C=O) groups is 1. The molecule has 1 aliphatic heterocycles. The summed E-state index contributed by atoms with van der Waals surface area (Å²) in [4.78, 5) is 19.8. The van der Waals surface area contributed by atoms with Crippen LogP contribution in [0.4, 0.5) is 5.69 Å². The highest BCUT2D eigenvalue weighted by Crippen LogP contribution is 2.32. The molecule has 34 heavy (non-hydrogen) atoms. The third-order valence-corrected chi connectivity index (χ3v) is 7.01. The highest BCUT2D eigenvalue weighted by atomic mass is 32.1. The largest absolute Gasteiger partial charge is 0.369 e. The molecule has 0 bridgehead atoms. The van der Waals surface area contributed by atoms with E-state index in [4.69, 9.17) is 10.2 Å². The van der Waals surface area contributed by atoms with Crippen molar-refractivity contribution in [2.24, 2.45) is 5.92 Å². The molecule has 0 saturated carbocycles. The second kappa shape index (κ2) is 11.3.